The van der Waals surface area contributed by atoms with E-state index in [4.69, 9.17) is 23.1 Å². The quantitative estimate of drug-likeness (QED) is 0.373. The van der Waals surface area contributed by atoms with Crippen LogP contribution in [0, 0.1) is 12.3 Å². The van der Waals surface area contributed by atoms with E-state index < -0.39 is 5.38 Å². The van der Waals surface area contributed by atoms with Crippen LogP contribution in [0.3, 0.4) is 0 Å². The zero-order valence-electron chi connectivity index (χ0n) is 3.19. The monoisotopic (exact) mass is 104 g/mol. The molecule has 0 aromatic rings. The summed E-state index contributed by atoms with van der Waals surface area (Å²) in [7, 11) is 0. The Bertz CT molecular complexity index is 64.4. The third-order valence-corrected chi connectivity index (χ3v) is 0.605. The second-order valence-corrected chi connectivity index (χ2v) is 1.34. The highest BCUT2D eigenvalue weighted by molar-refractivity contribution is 6.22. The van der Waals surface area contributed by atoms with Crippen LogP contribution in [0.15, 0.2) is 0 Å². The van der Waals surface area contributed by atoms with E-state index in [1.54, 1.807) is 0 Å². The Labute approximate surface area is 41.9 Å². The summed E-state index contributed by atoms with van der Waals surface area (Å²) in [6.07, 6.45) is 4.74. The fourth-order valence-corrected chi connectivity index (χ4v) is 0.0527. The van der Waals surface area contributed by atoms with E-state index in [2.05, 4.69) is 5.92 Å². The summed E-state index contributed by atoms with van der Waals surface area (Å²) in [4.78, 5) is 0. The molecule has 0 saturated heterocycles. The van der Waals surface area contributed by atoms with Crippen LogP contribution in [0.5, 0.6) is 0 Å². The summed E-state index contributed by atoms with van der Waals surface area (Å²) in [5.74, 6) is 2.13. The van der Waals surface area contributed by atoms with Gasteiger partial charge in [-0.3, -0.25) is 0 Å². The summed E-state index contributed by atoms with van der Waals surface area (Å²) in [6.45, 7) is -0.141. The molecule has 0 rings (SSSR count). The van der Waals surface area contributed by atoms with Crippen molar-refractivity contribution in [1.29, 1.82) is 0 Å². The van der Waals surface area contributed by atoms with Gasteiger partial charge in [0.2, 0.25) is 0 Å². The van der Waals surface area contributed by atoms with Crippen LogP contribution in [0.4, 0.5) is 0 Å². The second kappa shape index (κ2) is 3.02. The van der Waals surface area contributed by atoms with Crippen LogP contribution in [0.1, 0.15) is 0 Å². The van der Waals surface area contributed by atoms with Crippen LogP contribution >= 0.6 is 11.6 Å². The van der Waals surface area contributed by atoms with Gasteiger partial charge >= 0.3 is 0 Å². The van der Waals surface area contributed by atoms with Crippen molar-refractivity contribution >= 4 is 11.6 Å². The molecule has 1 unspecified atom stereocenters. The largest absolute Gasteiger partial charge is 0.394 e. The molecule has 0 amide bonds. The number of aliphatic hydroxyl groups is 1. The molecule has 0 aromatic heterocycles. The Morgan fingerprint density at radius 3 is 2.50 bits per heavy atom. The number of aliphatic hydroxyl groups excluding tert-OH is 1. The topological polar surface area (TPSA) is 20.2 Å². The number of hydrogen-bond donors (Lipinski definition) is 1. The maximum atomic E-state index is 8.06. The molecule has 0 aliphatic carbocycles. The molecule has 0 spiro atoms. The summed E-state index contributed by atoms with van der Waals surface area (Å²) >= 11 is 5.16. The van der Waals surface area contributed by atoms with E-state index in [-0.39, 0.29) is 6.61 Å². The molecule has 34 valence electrons. The lowest BCUT2D eigenvalue weighted by atomic mass is 10.5. The van der Waals surface area contributed by atoms with Crippen molar-refractivity contribution in [3.05, 3.63) is 0 Å². The fraction of sp³-hybridized carbons (Fsp3) is 0.500. The third-order valence-electron chi connectivity index (χ3n) is 0.341. The van der Waals surface area contributed by atoms with Crippen molar-refractivity contribution in [2.24, 2.45) is 0 Å². The predicted molar refractivity (Wildman–Crippen MR) is 25.6 cm³/mol. The molecule has 1 N–H and O–H groups in total. The third kappa shape index (κ3) is 2.07. The van der Waals surface area contributed by atoms with E-state index in [0.29, 0.717) is 0 Å². The van der Waals surface area contributed by atoms with Crippen LogP contribution in [-0.4, -0.2) is 17.1 Å². The summed E-state index contributed by atoms with van der Waals surface area (Å²) < 4.78 is 0. The maximum Gasteiger partial charge on any atom is 0.117 e. The minimum absolute atomic E-state index is 0.141. The maximum absolute atomic E-state index is 8.06. The number of hydrogen-bond acceptors (Lipinski definition) is 1. The van der Waals surface area contributed by atoms with E-state index in [9.17, 15) is 0 Å². The fourth-order valence-electron chi connectivity index (χ4n) is 0.0527. The number of rotatable bonds is 1. The van der Waals surface area contributed by atoms with Crippen LogP contribution < -0.4 is 0 Å². The highest BCUT2D eigenvalue weighted by atomic mass is 35.5. The lowest BCUT2D eigenvalue weighted by Crippen LogP contribution is -1.98. The van der Waals surface area contributed by atoms with Crippen molar-refractivity contribution in [3.8, 4) is 12.3 Å². The molecule has 1 atom stereocenters. The zero-order valence-corrected chi connectivity index (χ0v) is 3.94. The number of halogens is 1. The highest BCUT2D eigenvalue weighted by Crippen LogP contribution is 1.87. The van der Waals surface area contributed by atoms with Gasteiger partial charge in [-0.2, -0.15) is 0 Å². The van der Waals surface area contributed by atoms with Crippen LogP contribution in [0.2, 0.25) is 0 Å². The van der Waals surface area contributed by atoms with Gasteiger partial charge in [0.1, 0.15) is 5.38 Å². The Morgan fingerprint density at radius 1 is 2.00 bits per heavy atom. The van der Waals surface area contributed by atoms with Gasteiger partial charge in [0.15, 0.2) is 0 Å². The van der Waals surface area contributed by atoms with Crippen molar-refractivity contribution in [2.75, 3.05) is 6.61 Å². The molecule has 0 saturated carbocycles. The van der Waals surface area contributed by atoms with Gasteiger partial charge in [0.25, 0.3) is 0 Å². The van der Waals surface area contributed by atoms with Crippen molar-refractivity contribution in [3.63, 3.8) is 0 Å². The molecule has 6 heavy (non-hydrogen) atoms. The first-order valence-corrected chi connectivity index (χ1v) is 1.96. The second-order valence-electron chi connectivity index (χ2n) is 0.817. The van der Waals surface area contributed by atoms with E-state index in [1.165, 1.54) is 0 Å². The summed E-state index contributed by atoms with van der Waals surface area (Å²) in [5, 5.41) is 7.55. The molecule has 0 aliphatic heterocycles. The molecule has 0 aliphatic rings. The Morgan fingerprint density at radius 2 is 2.50 bits per heavy atom. The molecule has 0 heterocycles. The molecule has 0 bridgehead atoms. The standard InChI is InChI=1S/C4H5ClO/c1-2-4(5)3-6/h1,4,6H,3H2. The lowest BCUT2D eigenvalue weighted by Gasteiger charge is -1.87. The Hall–Kier alpha value is -0.190. The first-order chi connectivity index (χ1) is 2.81. The highest BCUT2D eigenvalue weighted by Gasteiger charge is 1.89. The number of terminal acetylenes is 1. The van der Waals surface area contributed by atoms with E-state index in [1.807, 2.05) is 0 Å². The summed E-state index contributed by atoms with van der Waals surface area (Å²) in [5.41, 5.74) is 0. The van der Waals surface area contributed by atoms with Crippen molar-refractivity contribution in [2.45, 2.75) is 5.38 Å². The van der Waals surface area contributed by atoms with Gasteiger partial charge in [-0.05, 0) is 0 Å². The van der Waals surface area contributed by atoms with Gasteiger partial charge < -0.3 is 5.11 Å². The van der Waals surface area contributed by atoms with Crippen LogP contribution in [-0.2, 0) is 0 Å². The molecule has 0 radical (unpaired) electrons. The van der Waals surface area contributed by atoms with Crippen LogP contribution in [0.25, 0.3) is 0 Å². The first-order valence-electron chi connectivity index (χ1n) is 1.52. The van der Waals surface area contributed by atoms with Gasteiger partial charge in [-0.15, -0.1) is 18.0 Å². The number of alkyl halides is 1. The first kappa shape index (κ1) is 5.81. The molecule has 2 heteroatoms. The zero-order chi connectivity index (χ0) is 4.99. The average Bonchev–Trinajstić information content (AvgIpc) is 1.65. The van der Waals surface area contributed by atoms with Gasteiger partial charge in [0.05, 0.1) is 6.61 Å². The van der Waals surface area contributed by atoms with Gasteiger partial charge in [0, 0.05) is 0 Å². The van der Waals surface area contributed by atoms with E-state index >= 15 is 0 Å². The smallest absolute Gasteiger partial charge is 0.117 e. The molecular formula is C4H5ClO. The Kier molecular flexibility index (Phi) is 2.92. The minimum atomic E-state index is -0.509. The average molecular weight is 105 g/mol. The van der Waals surface area contributed by atoms with E-state index in [0.717, 1.165) is 0 Å². The minimum Gasteiger partial charge on any atom is -0.394 e. The lowest BCUT2D eigenvalue weighted by molar-refractivity contribution is 0.307. The summed E-state index contributed by atoms with van der Waals surface area (Å²) in [6, 6.07) is 0. The SMILES string of the molecule is C#CC(Cl)CO. The van der Waals surface area contributed by atoms with Crippen molar-refractivity contribution in [1.82, 2.24) is 0 Å². The van der Waals surface area contributed by atoms with Gasteiger partial charge in [-0.25, -0.2) is 0 Å². The molecule has 0 fully saturated rings. The molecular weight excluding hydrogens is 99.5 g/mol. The normalized spacial score (nSPS) is 12.8. The molecule has 1 nitrogen and oxygen atoms in total. The Balaban J connectivity index is 3.04. The molecule has 0 aromatic carbocycles. The van der Waals surface area contributed by atoms with Crippen molar-refractivity contribution < 1.29 is 5.11 Å². The predicted octanol–water partition coefficient (Wildman–Crippen LogP) is 0.219. The van der Waals surface area contributed by atoms with Gasteiger partial charge in [-0.1, -0.05) is 5.92 Å².